The first kappa shape index (κ1) is 20.0. The number of carbonyl (C=O) groups is 2. The van der Waals surface area contributed by atoms with Gasteiger partial charge in [0, 0.05) is 34.4 Å². The number of hydrogen-bond donors (Lipinski definition) is 2. The van der Waals surface area contributed by atoms with Crippen LogP contribution in [0.4, 0.5) is 0 Å². The number of amides is 2. The molecule has 1 aromatic heterocycles. The van der Waals surface area contributed by atoms with Crippen molar-refractivity contribution in [1.29, 1.82) is 0 Å². The van der Waals surface area contributed by atoms with E-state index in [-0.39, 0.29) is 17.7 Å². The van der Waals surface area contributed by atoms with E-state index in [1.807, 2.05) is 68.4 Å². The fraction of sp³-hybridized carbons (Fsp3) is 0.227. The average molecular weight is 440 g/mol. The Kier molecular flexibility index (Phi) is 6.41. The lowest BCUT2D eigenvalue weighted by molar-refractivity contribution is -0.123. The van der Waals surface area contributed by atoms with Crippen LogP contribution in [0.2, 0.25) is 0 Å². The Hall–Kier alpha value is -2.73. The standard InChI is InChI=1S/C22H22BrN3O2/c1-14(2)21(27)24-11-12-25-22(28)18-13-20(15-7-9-16(23)10-8-15)26-19-6-4-3-5-17(18)19/h3-10,13-14H,11-12H2,1-2H3,(H,24,27)(H,25,28). The number of carbonyl (C=O) groups excluding carboxylic acids is 2. The summed E-state index contributed by atoms with van der Waals surface area (Å²) < 4.78 is 0.985. The van der Waals surface area contributed by atoms with Crippen molar-refractivity contribution in [2.24, 2.45) is 5.92 Å². The zero-order valence-electron chi connectivity index (χ0n) is 15.8. The van der Waals surface area contributed by atoms with Gasteiger partial charge in [-0.2, -0.15) is 0 Å². The topological polar surface area (TPSA) is 71.1 Å². The van der Waals surface area contributed by atoms with E-state index in [0.29, 0.717) is 18.7 Å². The van der Waals surface area contributed by atoms with Gasteiger partial charge in [-0.1, -0.05) is 60.1 Å². The van der Waals surface area contributed by atoms with Crippen LogP contribution in [-0.4, -0.2) is 29.9 Å². The molecule has 0 bridgehead atoms. The molecule has 3 aromatic rings. The minimum atomic E-state index is -0.184. The molecular formula is C22H22BrN3O2. The molecule has 0 aliphatic heterocycles. The van der Waals surface area contributed by atoms with Gasteiger partial charge in [0.05, 0.1) is 16.8 Å². The highest BCUT2D eigenvalue weighted by Gasteiger charge is 2.14. The number of hydrogen-bond acceptors (Lipinski definition) is 3. The number of para-hydroxylation sites is 1. The monoisotopic (exact) mass is 439 g/mol. The maximum atomic E-state index is 12.8. The summed E-state index contributed by atoms with van der Waals surface area (Å²) in [6, 6.07) is 17.2. The summed E-state index contributed by atoms with van der Waals surface area (Å²) in [5.41, 5.74) is 3.01. The normalized spacial score (nSPS) is 10.9. The minimum absolute atomic E-state index is 0.0267. The van der Waals surface area contributed by atoms with Crippen LogP contribution in [0.5, 0.6) is 0 Å². The summed E-state index contributed by atoms with van der Waals surface area (Å²) in [5, 5.41) is 6.48. The van der Waals surface area contributed by atoms with Crippen molar-refractivity contribution in [2.45, 2.75) is 13.8 Å². The molecule has 2 aromatic carbocycles. The van der Waals surface area contributed by atoms with E-state index in [9.17, 15) is 9.59 Å². The molecule has 0 saturated carbocycles. The summed E-state index contributed by atoms with van der Waals surface area (Å²) in [4.78, 5) is 29.1. The molecule has 0 aliphatic rings. The lowest BCUT2D eigenvalue weighted by Gasteiger charge is -2.12. The van der Waals surface area contributed by atoms with E-state index >= 15 is 0 Å². The third-order valence-corrected chi connectivity index (χ3v) is 4.86. The molecule has 2 amide bonds. The Bertz CT molecular complexity index is 1000. The van der Waals surface area contributed by atoms with Crippen LogP contribution in [0.15, 0.2) is 59.1 Å². The van der Waals surface area contributed by atoms with Crippen molar-refractivity contribution in [3.8, 4) is 11.3 Å². The second kappa shape index (κ2) is 8.97. The number of halogens is 1. The van der Waals surface area contributed by atoms with E-state index in [2.05, 4.69) is 26.6 Å². The van der Waals surface area contributed by atoms with Gasteiger partial charge in [0.15, 0.2) is 0 Å². The summed E-state index contributed by atoms with van der Waals surface area (Å²) >= 11 is 3.44. The predicted octanol–water partition coefficient (Wildman–Crippen LogP) is 4.17. The van der Waals surface area contributed by atoms with Crippen molar-refractivity contribution in [3.05, 3.63) is 64.6 Å². The van der Waals surface area contributed by atoms with Crippen LogP contribution >= 0.6 is 15.9 Å². The number of fused-ring (bicyclic) bond motifs is 1. The van der Waals surface area contributed by atoms with Gasteiger partial charge in [-0.25, -0.2) is 4.98 Å². The Morgan fingerprint density at radius 2 is 1.68 bits per heavy atom. The van der Waals surface area contributed by atoms with Crippen LogP contribution in [-0.2, 0) is 4.79 Å². The number of rotatable bonds is 6. The minimum Gasteiger partial charge on any atom is -0.354 e. The van der Waals surface area contributed by atoms with E-state index in [4.69, 9.17) is 4.98 Å². The molecule has 28 heavy (non-hydrogen) atoms. The average Bonchev–Trinajstić information content (AvgIpc) is 2.70. The van der Waals surface area contributed by atoms with Crippen LogP contribution in [0.3, 0.4) is 0 Å². The molecule has 1 heterocycles. The Balaban J connectivity index is 1.83. The van der Waals surface area contributed by atoms with Crippen LogP contribution in [0, 0.1) is 5.92 Å². The lowest BCUT2D eigenvalue weighted by atomic mass is 10.0. The van der Waals surface area contributed by atoms with Crippen molar-refractivity contribution in [2.75, 3.05) is 13.1 Å². The number of pyridine rings is 1. The summed E-state index contributed by atoms with van der Waals surface area (Å²) in [5.74, 6) is -0.287. The zero-order chi connectivity index (χ0) is 20.1. The molecule has 0 unspecified atom stereocenters. The first-order valence-corrected chi connectivity index (χ1v) is 9.96. The van der Waals surface area contributed by atoms with Gasteiger partial charge in [0.2, 0.25) is 5.91 Å². The maximum absolute atomic E-state index is 12.8. The maximum Gasteiger partial charge on any atom is 0.252 e. The molecule has 0 saturated heterocycles. The molecule has 0 fully saturated rings. The molecule has 0 radical (unpaired) electrons. The van der Waals surface area contributed by atoms with Crippen molar-refractivity contribution < 1.29 is 9.59 Å². The van der Waals surface area contributed by atoms with Gasteiger partial charge in [-0.15, -0.1) is 0 Å². The number of nitrogens with one attached hydrogen (secondary N) is 2. The Morgan fingerprint density at radius 3 is 2.39 bits per heavy atom. The summed E-state index contributed by atoms with van der Waals surface area (Å²) in [6.45, 7) is 4.42. The van der Waals surface area contributed by atoms with Gasteiger partial charge in [-0.3, -0.25) is 9.59 Å². The molecule has 144 valence electrons. The largest absolute Gasteiger partial charge is 0.354 e. The molecule has 2 N–H and O–H groups in total. The van der Waals surface area contributed by atoms with Crippen LogP contribution < -0.4 is 10.6 Å². The van der Waals surface area contributed by atoms with E-state index < -0.39 is 0 Å². The van der Waals surface area contributed by atoms with Crippen molar-refractivity contribution in [3.63, 3.8) is 0 Å². The van der Waals surface area contributed by atoms with E-state index in [1.54, 1.807) is 0 Å². The molecule has 5 nitrogen and oxygen atoms in total. The summed E-state index contributed by atoms with van der Waals surface area (Å²) in [6.07, 6.45) is 0. The van der Waals surface area contributed by atoms with E-state index in [0.717, 1.165) is 26.6 Å². The molecule has 3 rings (SSSR count). The van der Waals surface area contributed by atoms with Crippen LogP contribution in [0.1, 0.15) is 24.2 Å². The Labute approximate surface area is 172 Å². The smallest absolute Gasteiger partial charge is 0.252 e. The molecular weight excluding hydrogens is 418 g/mol. The molecule has 0 spiro atoms. The van der Waals surface area contributed by atoms with Crippen molar-refractivity contribution in [1.82, 2.24) is 15.6 Å². The third kappa shape index (κ3) is 4.75. The fourth-order valence-electron chi connectivity index (χ4n) is 2.79. The second-order valence-corrected chi connectivity index (χ2v) is 7.70. The highest BCUT2D eigenvalue weighted by atomic mass is 79.9. The molecule has 0 atom stereocenters. The second-order valence-electron chi connectivity index (χ2n) is 6.78. The van der Waals surface area contributed by atoms with Crippen LogP contribution in [0.25, 0.3) is 22.2 Å². The van der Waals surface area contributed by atoms with Gasteiger partial charge in [0.25, 0.3) is 5.91 Å². The quantitative estimate of drug-likeness (QED) is 0.566. The summed E-state index contributed by atoms with van der Waals surface area (Å²) in [7, 11) is 0. The van der Waals surface area contributed by atoms with Gasteiger partial charge in [0.1, 0.15) is 0 Å². The number of nitrogens with zero attached hydrogens (tertiary/aromatic N) is 1. The van der Waals surface area contributed by atoms with Gasteiger partial charge in [-0.05, 0) is 24.3 Å². The van der Waals surface area contributed by atoms with Crippen molar-refractivity contribution >= 4 is 38.6 Å². The first-order valence-electron chi connectivity index (χ1n) is 9.17. The SMILES string of the molecule is CC(C)C(=O)NCCNC(=O)c1cc(-c2ccc(Br)cc2)nc2ccccc12. The predicted molar refractivity (Wildman–Crippen MR) is 115 cm³/mol. The number of aromatic nitrogens is 1. The third-order valence-electron chi connectivity index (χ3n) is 4.33. The van der Waals surface area contributed by atoms with E-state index in [1.165, 1.54) is 0 Å². The van der Waals surface area contributed by atoms with Gasteiger partial charge < -0.3 is 10.6 Å². The number of benzene rings is 2. The fourth-order valence-corrected chi connectivity index (χ4v) is 3.06. The van der Waals surface area contributed by atoms with Gasteiger partial charge >= 0.3 is 0 Å². The first-order chi connectivity index (χ1) is 13.5. The highest BCUT2D eigenvalue weighted by molar-refractivity contribution is 9.10. The Morgan fingerprint density at radius 1 is 1.00 bits per heavy atom. The lowest BCUT2D eigenvalue weighted by Crippen LogP contribution is -2.36. The highest BCUT2D eigenvalue weighted by Crippen LogP contribution is 2.26. The molecule has 0 aliphatic carbocycles. The molecule has 6 heteroatoms. The zero-order valence-corrected chi connectivity index (χ0v) is 17.4.